The SMILES string of the molecule is Fc1ccc(Oc2ccccc2)c2c1CCC2.O=C(O)CC1COc2cc(O)ccc21. The maximum Gasteiger partial charge on any atom is 0.304 e. The van der Waals surface area contributed by atoms with Crippen LogP contribution in [-0.4, -0.2) is 22.8 Å². The standard InChI is InChI=1S/C15H13FO.C10H10O4/c16-14-9-10-15(13-8-4-7-12(13)14)17-11-5-2-1-3-6-11;11-7-1-2-8-6(3-10(12)13)5-14-9(8)4-7/h1-3,5-6,9-10H,4,7-8H2;1-2,4,6,11H,3,5H2,(H,12,13). The molecule has 5 nitrogen and oxygen atoms in total. The number of carboxylic acid groups (broad SMARTS) is 1. The van der Waals surface area contributed by atoms with Gasteiger partial charge in [-0.1, -0.05) is 24.3 Å². The first-order chi connectivity index (χ1) is 15.0. The lowest BCUT2D eigenvalue weighted by atomic mass is 9.98. The van der Waals surface area contributed by atoms with Gasteiger partial charge in [-0.15, -0.1) is 0 Å². The van der Waals surface area contributed by atoms with Gasteiger partial charge in [-0.2, -0.15) is 0 Å². The van der Waals surface area contributed by atoms with Crippen LogP contribution in [0.5, 0.6) is 23.0 Å². The number of phenols is 1. The second kappa shape index (κ2) is 9.08. The molecule has 0 radical (unpaired) electrons. The number of carboxylic acids is 1. The van der Waals surface area contributed by atoms with Crippen LogP contribution < -0.4 is 9.47 Å². The molecular formula is C25H23FO5. The zero-order valence-electron chi connectivity index (χ0n) is 16.9. The van der Waals surface area contributed by atoms with E-state index in [1.807, 2.05) is 30.3 Å². The number of benzene rings is 3. The Hall–Kier alpha value is -3.54. The zero-order valence-corrected chi connectivity index (χ0v) is 16.9. The molecule has 1 unspecified atom stereocenters. The summed E-state index contributed by atoms with van der Waals surface area (Å²) < 4.78 is 24.6. The molecule has 0 saturated carbocycles. The van der Waals surface area contributed by atoms with E-state index in [-0.39, 0.29) is 23.9 Å². The van der Waals surface area contributed by atoms with Crippen molar-refractivity contribution in [2.45, 2.75) is 31.6 Å². The predicted octanol–water partition coefficient (Wildman–Crippen LogP) is 5.45. The summed E-state index contributed by atoms with van der Waals surface area (Å²) >= 11 is 0. The monoisotopic (exact) mass is 422 g/mol. The molecule has 6 heteroatoms. The molecule has 1 heterocycles. The maximum absolute atomic E-state index is 13.6. The number of rotatable bonds is 4. The third-order valence-corrected chi connectivity index (χ3v) is 5.45. The predicted molar refractivity (Wildman–Crippen MR) is 114 cm³/mol. The van der Waals surface area contributed by atoms with Gasteiger partial charge < -0.3 is 19.7 Å². The van der Waals surface area contributed by atoms with Crippen LogP contribution >= 0.6 is 0 Å². The van der Waals surface area contributed by atoms with Gasteiger partial charge in [0.15, 0.2) is 0 Å². The van der Waals surface area contributed by atoms with Crippen LogP contribution in [-0.2, 0) is 17.6 Å². The highest BCUT2D eigenvalue weighted by Gasteiger charge is 2.26. The van der Waals surface area contributed by atoms with Crippen molar-refractivity contribution in [3.05, 3.63) is 83.2 Å². The lowest BCUT2D eigenvalue weighted by molar-refractivity contribution is -0.137. The van der Waals surface area contributed by atoms with Crippen LogP contribution in [0.4, 0.5) is 4.39 Å². The van der Waals surface area contributed by atoms with E-state index in [0.717, 1.165) is 47.5 Å². The third-order valence-electron chi connectivity index (χ3n) is 5.45. The molecule has 5 rings (SSSR count). The van der Waals surface area contributed by atoms with Gasteiger partial charge in [-0.25, -0.2) is 4.39 Å². The topological polar surface area (TPSA) is 76.0 Å². The molecule has 0 bridgehead atoms. The minimum absolute atomic E-state index is 0.0672. The van der Waals surface area contributed by atoms with Crippen molar-refractivity contribution in [1.29, 1.82) is 0 Å². The Bertz CT molecular complexity index is 1080. The van der Waals surface area contributed by atoms with Gasteiger partial charge in [0.05, 0.1) is 13.0 Å². The van der Waals surface area contributed by atoms with Gasteiger partial charge in [0.2, 0.25) is 0 Å². The molecule has 2 N–H and O–H groups in total. The average Bonchev–Trinajstić information content (AvgIpc) is 3.39. The van der Waals surface area contributed by atoms with E-state index in [0.29, 0.717) is 12.4 Å². The summed E-state index contributed by atoms with van der Waals surface area (Å²) in [6.07, 6.45) is 2.82. The van der Waals surface area contributed by atoms with Crippen molar-refractivity contribution in [3.63, 3.8) is 0 Å². The fourth-order valence-electron chi connectivity index (χ4n) is 3.99. The number of hydrogen-bond acceptors (Lipinski definition) is 4. The molecule has 0 saturated heterocycles. The van der Waals surface area contributed by atoms with Gasteiger partial charge >= 0.3 is 5.97 Å². The molecule has 31 heavy (non-hydrogen) atoms. The van der Waals surface area contributed by atoms with Gasteiger partial charge in [-0.05, 0) is 55.2 Å². The first-order valence-corrected chi connectivity index (χ1v) is 10.2. The van der Waals surface area contributed by atoms with Crippen molar-refractivity contribution in [3.8, 4) is 23.0 Å². The number of aliphatic carboxylic acids is 1. The van der Waals surface area contributed by atoms with E-state index in [2.05, 4.69) is 0 Å². The maximum atomic E-state index is 13.6. The van der Waals surface area contributed by atoms with Crippen molar-refractivity contribution in [2.24, 2.45) is 0 Å². The van der Waals surface area contributed by atoms with Crippen LogP contribution in [0.15, 0.2) is 60.7 Å². The van der Waals surface area contributed by atoms with E-state index in [9.17, 15) is 9.18 Å². The second-order valence-corrected chi connectivity index (χ2v) is 7.60. The summed E-state index contributed by atoms with van der Waals surface area (Å²) in [6.45, 7) is 0.380. The molecule has 0 fully saturated rings. The lowest BCUT2D eigenvalue weighted by Crippen LogP contribution is -2.07. The fourth-order valence-corrected chi connectivity index (χ4v) is 3.99. The Balaban J connectivity index is 0.000000152. The van der Waals surface area contributed by atoms with Crippen LogP contribution in [0.1, 0.15) is 35.4 Å². The van der Waals surface area contributed by atoms with E-state index in [1.165, 1.54) is 12.1 Å². The van der Waals surface area contributed by atoms with E-state index in [4.69, 9.17) is 19.7 Å². The molecule has 0 aromatic heterocycles. The van der Waals surface area contributed by atoms with Crippen LogP contribution in [0, 0.1) is 5.82 Å². The van der Waals surface area contributed by atoms with E-state index < -0.39 is 5.97 Å². The van der Waals surface area contributed by atoms with Gasteiger partial charge in [0, 0.05) is 23.1 Å². The molecule has 1 aliphatic heterocycles. The number of hydrogen-bond donors (Lipinski definition) is 2. The number of carbonyl (C=O) groups is 1. The van der Waals surface area contributed by atoms with Crippen LogP contribution in [0.2, 0.25) is 0 Å². The summed E-state index contributed by atoms with van der Waals surface area (Å²) in [5.74, 6) is 1.30. The Morgan fingerprint density at radius 3 is 2.61 bits per heavy atom. The molecule has 2 aliphatic rings. The number of halogens is 1. The molecule has 0 amide bonds. The summed E-state index contributed by atoms with van der Waals surface area (Å²) in [7, 11) is 0. The highest BCUT2D eigenvalue weighted by Crippen LogP contribution is 2.38. The van der Waals surface area contributed by atoms with Crippen LogP contribution in [0.3, 0.4) is 0 Å². The second-order valence-electron chi connectivity index (χ2n) is 7.60. The lowest BCUT2D eigenvalue weighted by Gasteiger charge is -2.10. The highest BCUT2D eigenvalue weighted by atomic mass is 19.1. The first kappa shape index (κ1) is 20.7. The van der Waals surface area contributed by atoms with Gasteiger partial charge in [0.25, 0.3) is 0 Å². The molecule has 1 atom stereocenters. The largest absolute Gasteiger partial charge is 0.508 e. The van der Waals surface area contributed by atoms with Crippen molar-refractivity contribution >= 4 is 5.97 Å². The quantitative estimate of drug-likeness (QED) is 0.585. The minimum Gasteiger partial charge on any atom is -0.508 e. The van der Waals surface area contributed by atoms with Crippen LogP contribution in [0.25, 0.3) is 0 Å². The molecule has 3 aromatic rings. The van der Waals surface area contributed by atoms with Gasteiger partial charge in [0.1, 0.15) is 28.8 Å². The zero-order chi connectivity index (χ0) is 21.8. The molecule has 3 aromatic carbocycles. The summed E-state index contributed by atoms with van der Waals surface area (Å²) in [5, 5.41) is 17.8. The summed E-state index contributed by atoms with van der Waals surface area (Å²) in [4.78, 5) is 10.5. The Morgan fingerprint density at radius 2 is 1.84 bits per heavy atom. The number of para-hydroxylation sites is 1. The average molecular weight is 422 g/mol. The van der Waals surface area contributed by atoms with E-state index in [1.54, 1.807) is 18.2 Å². The smallest absolute Gasteiger partial charge is 0.304 e. The third kappa shape index (κ3) is 4.79. The molecular weight excluding hydrogens is 399 g/mol. The highest BCUT2D eigenvalue weighted by molar-refractivity contribution is 5.68. The van der Waals surface area contributed by atoms with Crippen molar-refractivity contribution in [2.75, 3.05) is 6.61 Å². The Labute approximate surface area is 179 Å². The number of phenolic OH excluding ortho intramolecular Hbond substituents is 1. The summed E-state index contributed by atoms with van der Waals surface area (Å²) in [5.41, 5.74) is 2.73. The molecule has 1 aliphatic carbocycles. The Kier molecular flexibility index (Phi) is 6.07. The normalized spacial score (nSPS) is 15.8. The number of aromatic hydroxyl groups is 1. The van der Waals surface area contributed by atoms with Crippen molar-refractivity contribution in [1.82, 2.24) is 0 Å². The molecule has 0 spiro atoms. The summed E-state index contributed by atoms with van der Waals surface area (Å²) in [6, 6.07) is 17.6. The van der Waals surface area contributed by atoms with E-state index >= 15 is 0 Å². The molecule has 160 valence electrons. The van der Waals surface area contributed by atoms with Gasteiger partial charge in [-0.3, -0.25) is 4.79 Å². The fraction of sp³-hybridized carbons (Fsp3) is 0.240. The first-order valence-electron chi connectivity index (χ1n) is 10.2. The number of ether oxygens (including phenoxy) is 2. The number of fused-ring (bicyclic) bond motifs is 2. The van der Waals surface area contributed by atoms with Crippen molar-refractivity contribution < 1.29 is 28.9 Å². The minimum atomic E-state index is -0.834. The Morgan fingerprint density at radius 1 is 1.06 bits per heavy atom.